The number of carboxylic acid groups (broad SMARTS) is 1. The van der Waals surface area contributed by atoms with Crippen molar-refractivity contribution < 1.29 is 14.4 Å². The average Bonchev–Trinajstić information content (AvgIpc) is 2.83. The molecule has 0 aliphatic carbocycles. The summed E-state index contributed by atoms with van der Waals surface area (Å²) in [6.07, 6.45) is 10.8. The molecular weight excluding hydrogens is 264 g/mol. The van der Waals surface area contributed by atoms with Crippen LogP contribution < -0.4 is 0 Å². The first kappa shape index (κ1) is 18.1. The fourth-order valence-electron chi connectivity index (χ4n) is 3.24. The van der Waals surface area contributed by atoms with Gasteiger partial charge in [0.05, 0.1) is 13.1 Å². The highest BCUT2D eigenvalue weighted by atomic mass is 16.4. The molecule has 0 aromatic carbocycles. The van der Waals surface area contributed by atoms with Gasteiger partial charge in [-0.2, -0.15) is 0 Å². The highest BCUT2D eigenvalue weighted by molar-refractivity contribution is 5.80. The average molecular weight is 297 g/mol. The molecule has 1 unspecified atom stereocenters. The van der Waals surface area contributed by atoms with Crippen molar-refractivity contribution in [3.8, 4) is 0 Å². The van der Waals surface area contributed by atoms with Crippen LogP contribution in [0.2, 0.25) is 0 Å². The predicted octanol–water partition coefficient (Wildman–Crippen LogP) is 3.85. The van der Waals surface area contributed by atoms with E-state index in [-0.39, 0.29) is 6.54 Å². The summed E-state index contributed by atoms with van der Waals surface area (Å²) in [5.74, 6) is 0.463. The molecule has 0 saturated carbocycles. The van der Waals surface area contributed by atoms with E-state index in [1.54, 1.807) is 0 Å². The molecule has 4 heteroatoms. The van der Waals surface area contributed by atoms with Gasteiger partial charge in [-0.05, 0) is 12.8 Å². The Hall–Kier alpha value is -0.900. The Balaban J connectivity index is 2.46. The van der Waals surface area contributed by atoms with Crippen molar-refractivity contribution in [1.82, 2.24) is 0 Å². The quantitative estimate of drug-likeness (QED) is 0.439. The van der Waals surface area contributed by atoms with Gasteiger partial charge in [0.1, 0.15) is 6.54 Å². The molecule has 0 amide bonds. The standard InChI is InChI=1S/C17H32N2O2/c1-3-5-7-8-9-10-11-16-18-12-14-19(16,13-6-4-2)15-17(20)21/h3-15H2,1-2H3/p+1. The maximum absolute atomic E-state index is 11.2. The smallest absolute Gasteiger partial charge is 0.359 e. The van der Waals surface area contributed by atoms with Crippen molar-refractivity contribution in [3.05, 3.63) is 0 Å². The normalized spacial score (nSPS) is 21.5. The van der Waals surface area contributed by atoms with Gasteiger partial charge in [-0.25, -0.2) is 9.79 Å². The van der Waals surface area contributed by atoms with E-state index >= 15 is 0 Å². The van der Waals surface area contributed by atoms with Gasteiger partial charge in [0, 0.05) is 6.42 Å². The molecule has 1 N–H and O–H groups in total. The second-order valence-corrected chi connectivity index (χ2v) is 6.31. The molecule has 1 rings (SSSR count). The first-order valence-corrected chi connectivity index (χ1v) is 8.76. The third kappa shape index (κ3) is 6.16. The minimum absolute atomic E-state index is 0.217. The lowest BCUT2D eigenvalue weighted by molar-refractivity contribution is -0.829. The molecule has 0 bridgehead atoms. The van der Waals surface area contributed by atoms with E-state index in [2.05, 4.69) is 18.8 Å². The summed E-state index contributed by atoms with van der Waals surface area (Å²) >= 11 is 0. The van der Waals surface area contributed by atoms with Crippen LogP contribution >= 0.6 is 0 Å². The zero-order valence-electron chi connectivity index (χ0n) is 13.9. The zero-order valence-corrected chi connectivity index (χ0v) is 13.9. The van der Waals surface area contributed by atoms with Crippen molar-refractivity contribution in [2.45, 2.75) is 71.6 Å². The van der Waals surface area contributed by atoms with Gasteiger partial charge in [0.25, 0.3) is 0 Å². The largest absolute Gasteiger partial charge is 0.477 e. The first-order valence-electron chi connectivity index (χ1n) is 8.76. The number of amidine groups is 1. The molecule has 0 aromatic rings. The monoisotopic (exact) mass is 297 g/mol. The Bertz CT molecular complexity index is 342. The number of hydrogen-bond donors (Lipinski definition) is 1. The molecule has 1 aliphatic rings. The fraction of sp³-hybridized carbons (Fsp3) is 0.882. The van der Waals surface area contributed by atoms with Crippen LogP contribution in [0.4, 0.5) is 0 Å². The van der Waals surface area contributed by atoms with Gasteiger partial charge in [0.15, 0.2) is 12.4 Å². The Morgan fingerprint density at radius 2 is 1.76 bits per heavy atom. The van der Waals surface area contributed by atoms with Crippen molar-refractivity contribution >= 4 is 11.8 Å². The highest BCUT2D eigenvalue weighted by Gasteiger charge is 2.39. The number of carboxylic acids is 1. The number of aliphatic carboxylic acids is 1. The molecule has 122 valence electrons. The summed E-state index contributed by atoms with van der Waals surface area (Å²) in [4.78, 5) is 15.9. The summed E-state index contributed by atoms with van der Waals surface area (Å²) in [6, 6.07) is 0. The second-order valence-electron chi connectivity index (χ2n) is 6.31. The van der Waals surface area contributed by atoms with E-state index < -0.39 is 5.97 Å². The van der Waals surface area contributed by atoms with Crippen LogP contribution in [-0.4, -0.2) is 47.6 Å². The highest BCUT2D eigenvalue weighted by Crippen LogP contribution is 2.21. The Morgan fingerprint density at radius 1 is 1.10 bits per heavy atom. The lowest BCUT2D eigenvalue weighted by Gasteiger charge is -2.33. The fourth-order valence-corrected chi connectivity index (χ4v) is 3.24. The van der Waals surface area contributed by atoms with Gasteiger partial charge >= 0.3 is 5.97 Å². The van der Waals surface area contributed by atoms with E-state index in [0.29, 0.717) is 4.48 Å². The molecule has 0 saturated heterocycles. The van der Waals surface area contributed by atoms with Crippen LogP contribution in [0.5, 0.6) is 0 Å². The maximum Gasteiger partial charge on any atom is 0.359 e. The van der Waals surface area contributed by atoms with Gasteiger partial charge in [-0.3, -0.25) is 4.48 Å². The number of aliphatic imine (C=N–C) groups is 1. The predicted molar refractivity (Wildman–Crippen MR) is 87.7 cm³/mol. The molecule has 0 radical (unpaired) electrons. The zero-order chi connectivity index (χ0) is 15.6. The molecule has 1 heterocycles. The van der Waals surface area contributed by atoms with E-state index in [1.807, 2.05) is 0 Å². The number of quaternary nitrogens is 1. The molecule has 21 heavy (non-hydrogen) atoms. The summed E-state index contributed by atoms with van der Waals surface area (Å²) in [6.45, 7) is 7.25. The molecule has 0 fully saturated rings. The van der Waals surface area contributed by atoms with Crippen molar-refractivity contribution in [3.63, 3.8) is 0 Å². The van der Waals surface area contributed by atoms with Crippen LogP contribution in [0, 0.1) is 0 Å². The first-order chi connectivity index (χ1) is 10.1. The molecule has 0 aromatic heterocycles. The minimum Gasteiger partial charge on any atom is -0.477 e. The number of carbonyl (C=O) groups is 1. The Morgan fingerprint density at radius 3 is 2.43 bits per heavy atom. The number of hydrogen-bond acceptors (Lipinski definition) is 2. The third-order valence-corrected chi connectivity index (χ3v) is 4.50. The maximum atomic E-state index is 11.2. The Labute approximate surface area is 129 Å². The van der Waals surface area contributed by atoms with E-state index in [4.69, 9.17) is 0 Å². The van der Waals surface area contributed by atoms with Crippen molar-refractivity contribution in [2.24, 2.45) is 4.99 Å². The molecule has 4 nitrogen and oxygen atoms in total. The lowest BCUT2D eigenvalue weighted by Crippen LogP contribution is -2.54. The lowest BCUT2D eigenvalue weighted by atomic mass is 10.1. The van der Waals surface area contributed by atoms with Crippen LogP contribution in [0.15, 0.2) is 4.99 Å². The minimum atomic E-state index is -0.691. The molecular formula is C17H33N2O2+. The molecule has 0 spiro atoms. The topological polar surface area (TPSA) is 49.7 Å². The Kier molecular flexibility index (Phi) is 8.58. The molecule has 1 aliphatic heterocycles. The molecule has 1 atom stereocenters. The van der Waals surface area contributed by atoms with Crippen LogP contribution in [0.3, 0.4) is 0 Å². The van der Waals surface area contributed by atoms with E-state index in [9.17, 15) is 9.90 Å². The van der Waals surface area contributed by atoms with Crippen LogP contribution in [-0.2, 0) is 4.79 Å². The summed E-state index contributed by atoms with van der Waals surface area (Å²) < 4.78 is 0.623. The van der Waals surface area contributed by atoms with E-state index in [0.717, 1.165) is 51.2 Å². The van der Waals surface area contributed by atoms with Gasteiger partial charge < -0.3 is 5.11 Å². The van der Waals surface area contributed by atoms with Gasteiger partial charge in [-0.15, -0.1) is 0 Å². The van der Waals surface area contributed by atoms with Gasteiger partial charge in [0.2, 0.25) is 0 Å². The number of unbranched alkanes of at least 4 members (excludes halogenated alkanes) is 6. The second kappa shape index (κ2) is 9.93. The van der Waals surface area contributed by atoms with Crippen LogP contribution in [0.1, 0.15) is 71.6 Å². The number of nitrogens with zero attached hydrogens (tertiary/aromatic N) is 2. The summed E-state index contributed by atoms with van der Waals surface area (Å²) in [5, 5.41) is 9.25. The SMILES string of the molecule is CCCCCCCCC1=NCC[N+]1(CCCC)CC(=O)O. The number of rotatable bonds is 12. The van der Waals surface area contributed by atoms with Gasteiger partial charge in [-0.1, -0.05) is 52.4 Å². The third-order valence-electron chi connectivity index (χ3n) is 4.50. The van der Waals surface area contributed by atoms with E-state index in [1.165, 1.54) is 32.1 Å². The van der Waals surface area contributed by atoms with Crippen molar-refractivity contribution in [1.29, 1.82) is 0 Å². The van der Waals surface area contributed by atoms with Crippen molar-refractivity contribution in [2.75, 3.05) is 26.2 Å². The summed E-state index contributed by atoms with van der Waals surface area (Å²) in [7, 11) is 0. The van der Waals surface area contributed by atoms with Crippen LogP contribution in [0.25, 0.3) is 0 Å². The summed E-state index contributed by atoms with van der Waals surface area (Å²) in [5.41, 5.74) is 0.